The zero-order valence-electron chi connectivity index (χ0n) is 8.45. The summed E-state index contributed by atoms with van der Waals surface area (Å²) in [7, 11) is -3.86. The van der Waals surface area contributed by atoms with Crippen LogP contribution in [0.2, 0.25) is 0 Å². The number of H-pyrrole nitrogens is 1. The van der Waals surface area contributed by atoms with Crippen LogP contribution in [0.1, 0.15) is 6.92 Å². The third-order valence-electron chi connectivity index (χ3n) is 2.04. The minimum atomic E-state index is -3.86. The first-order valence-corrected chi connectivity index (χ1v) is 6.04. The fourth-order valence-corrected chi connectivity index (χ4v) is 2.05. The number of nitrogens with zero attached hydrogens (tertiary/aromatic N) is 4. The molecule has 0 spiro atoms. The molecule has 2 rings (SSSR count). The van der Waals surface area contributed by atoms with Crippen molar-refractivity contribution < 1.29 is 8.42 Å². The van der Waals surface area contributed by atoms with Gasteiger partial charge in [0.15, 0.2) is 5.82 Å². The summed E-state index contributed by atoms with van der Waals surface area (Å²) < 4.78 is 23.9. The van der Waals surface area contributed by atoms with Crippen LogP contribution in [0.25, 0.3) is 11.4 Å². The van der Waals surface area contributed by atoms with E-state index in [1.165, 1.54) is 10.8 Å². The van der Waals surface area contributed by atoms with Gasteiger partial charge in [-0.05, 0) is 6.92 Å². The molecule has 0 amide bonds. The average molecular weight is 242 g/mol. The van der Waals surface area contributed by atoms with Gasteiger partial charge in [0.25, 0.3) is 15.2 Å². The molecule has 0 saturated heterocycles. The molecule has 0 aliphatic rings. The highest BCUT2D eigenvalue weighted by Crippen LogP contribution is 2.18. The lowest BCUT2D eigenvalue weighted by Crippen LogP contribution is -2.18. The van der Waals surface area contributed by atoms with Gasteiger partial charge >= 0.3 is 0 Å². The van der Waals surface area contributed by atoms with E-state index in [0.29, 0.717) is 17.9 Å². The number of primary sulfonamides is 1. The molecule has 0 aliphatic heterocycles. The van der Waals surface area contributed by atoms with Crippen molar-refractivity contribution in [2.24, 2.45) is 5.14 Å². The van der Waals surface area contributed by atoms with Crippen LogP contribution >= 0.6 is 0 Å². The van der Waals surface area contributed by atoms with E-state index in [4.69, 9.17) is 5.14 Å². The first-order chi connectivity index (χ1) is 7.54. The van der Waals surface area contributed by atoms with E-state index in [0.717, 1.165) is 0 Å². The Morgan fingerprint density at radius 1 is 1.50 bits per heavy atom. The van der Waals surface area contributed by atoms with Crippen LogP contribution in [0, 0.1) is 0 Å². The second-order valence-electron chi connectivity index (χ2n) is 3.08. The SMILES string of the molecule is CCn1c(-c2cn[nH]c2)nnc1S(N)(=O)=O. The summed E-state index contributed by atoms with van der Waals surface area (Å²) >= 11 is 0. The predicted octanol–water partition coefficient (Wildman–Crippen LogP) is -0.664. The highest BCUT2D eigenvalue weighted by atomic mass is 32.2. The van der Waals surface area contributed by atoms with Gasteiger partial charge in [0.2, 0.25) is 0 Å². The van der Waals surface area contributed by atoms with Gasteiger partial charge in [-0.15, -0.1) is 10.2 Å². The normalized spacial score (nSPS) is 11.9. The van der Waals surface area contributed by atoms with Crippen LogP contribution in [-0.4, -0.2) is 33.4 Å². The Bertz CT molecular complexity index is 584. The van der Waals surface area contributed by atoms with E-state index in [1.807, 2.05) is 0 Å². The highest BCUT2D eigenvalue weighted by Gasteiger charge is 2.21. The molecule has 0 bridgehead atoms. The Hall–Kier alpha value is -1.74. The van der Waals surface area contributed by atoms with Crippen LogP contribution in [0.5, 0.6) is 0 Å². The summed E-state index contributed by atoms with van der Waals surface area (Å²) in [6.07, 6.45) is 3.13. The second-order valence-corrected chi connectivity index (χ2v) is 4.54. The molecule has 0 aromatic carbocycles. The van der Waals surface area contributed by atoms with Gasteiger partial charge in [0.1, 0.15) is 0 Å². The number of aromatic nitrogens is 5. The van der Waals surface area contributed by atoms with Crippen LogP contribution in [-0.2, 0) is 16.6 Å². The van der Waals surface area contributed by atoms with Crippen LogP contribution < -0.4 is 5.14 Å². The molecule has 3 N–H and O–H groups in total. The van der Waals surface area contributed by atoms with Gasteiger partial charge in [-0.3, -0.25) is 9.67 Å². The van der Waals surface area contributed by atoms with Gasteiger partial charge in [0.05, 0.1) is 11.8 Å². The molecule has 2 heterocycles. The average Bonchev–Trinajstić information content (AvgIpc) is 2.84. The number of nitrogens with one attached hydrogen (secondary N) is 1. The maximum atomic E-state index is 11.2. The number of sulfonamides is 1. The summed E-state index contributed by atoms with van der Waals surface area (Å²) in [4.78, 5) is 0. The van der Waals surface area contributed by atoms with Crippen LogP contribution in [0.3, 0.4) is 0 Å². The number of nitrogens with two attached hydrogens (primary N) is 1. The summed E-state index contributed by atoms with van der Waals surface area (Å²) in [5.41, 5.74) is 0.657. The minimum Gasteiger partial charge on any atom is -0.297 e. The van der Waals surface area contributed by atoms with Gasteiger partial charge in [-0.25, -0.2) is 13.6 Å². The van der Waals surface area contributed by atoms with E-state index in [2.05, 4.69) is 20.4 Å². The van der Waals surface area contributed by atoms with Crippen LogP contribution in [0.15, 0.2) is 17.6 Å². The largest absolute Gasteiger partial charge is 0.297 e. The Balaban J connectivity index is 2.63. The van der Waals surface area contributed by atoms with Crippen LogP contribution in [0.4, 0.5) is 0 Å². The van der Waals surface area contributed by atoms with Gasteiger partial charge in [0, 0.05) is 12.7 Å². The molecule has 0 aliphatic carbocycles. The van der Waals surface area contributed by atoms with Gasteiger partial charge < -0.3 is 0 Å². The molecule has 2 aromatic heterocycles. The molecule has 0 saturated carbocycles. The fourth-order valence-electron chi connectivity index (χ4n) is 1.37. The molecular formula is C7H10N6O2S. The molecule has 0 unspecified atom stereocenters. The van der Waals surface area contributed by atoms with Crippen molar-refractivity contribution in [1.82, 2.24) is 25.0 Å². The third-order valence-corrected chi connectivity index (χ3v) is 2.85. The van der Waals surface area contributed by atoms with Crippen molar-refractivity contribution in [1.29, 1.82) is 0 Å². The number of hydrogen-bond acceptors (Lipinski definition) is 5. The number of aromatic amines is 1. The van der Waals surface area contributed by atoms with E-state index >= 15 is 0 Å². The maximum absolute atomic E-state index is 11.2. The monoisotopic (exact) mass is 242 g/mol. The molecule has 8 nitrogen and oxygen atoms in total. The Labute approximate surface area is 91.5 Å². The van der Waals surface area contributed by atoms with Crippen molar-refractivity contribution in [2.45, 2.75) is 18.6 Å². The first kappa shape index (κ1) is 10.8. The molecule has 0 atom stereocenters. The Kier molecular flexibility index (Phi) is 2.48. The molecule has 86 valence electrons. The van der Waals surface area contributed by atoms with Crippen molar-refractivity contribution in [3.05, 3.63) is 12.4 Å². The predicted molar refractivity (Wildman–Crippen MR) is 54.7 cm³/mol. The molecule has 0 radical (unpaired) electrons. The number of rotatable bonds is 3. The molecular weight excluding hydrogens is 232 g/mol. The van der Waals surface area contributed by atoms with Crippen molar-refractivity contribution in [3.63, 3.8) is 0 Å². The van der Waals surface area contributed by atoms with Gasteiger partial charge in [-0.1, -0.05) is 0 Å². The molecule has 2 aromatic rings. The zero-order valence-corrected chi connectivity index (χ0v) is 9.27. The molecule has 16 heavy (non-hydrogen) atoms. The van der Waals surface area contributed by atoms with Crippen molar-refractivity contribution >= 4 is 10.0 Å². The van der Waals surface area contributed by atoms with Crippen molar-refractivity contribution in [3.8, 4) is 11.4 Å². The summed E-state index contributed by atoms with van der Waals surface area (Å²) in [5, 5.41) is 18.5. The zero-order chi connectivity index (χ0) is 11.8. The maximum Gasteiger partial charge on any atom is 0.273 e. The minimum absolute atomic E-state index is 0.244. The quantitative estimate of drug-likeness (QED) is 0.740. The van der Waals surface area contributed by atoms with E-state index in [9.17, 15) is 8.42 Å². The Morgan fingerprint density at radius 3 is 2.75 bits per heavy atom. The smallest absolute Gasteiger partial charge is 0.273 e. The fraction of sp³-hybridized carbons (Fsp3) is 0.286. The van der Waals surface area contributed by atoms with E-state index in [1.54, 1.807) is 13.1 Å². The molecule has 9 heteroatoms. The van der Waals surface area contributed by atoms with E-state index in [-0.39, 0.29) is 5.16 Å². The Morgan fingerprint density at radius 2 is 2.25 bits per heavy atom. The standard InChI is InChI=1S/C7H10N6O2S/c1-2-13-6(5-3-9-10-4-5)11-12-7(13)16(8,14)15/h3-4H,2H2,1H3,(H,9,10)(H2,8,14,15). The first-order valence-electron chi connectivity index (χ1n) is 4.49. The second kappa shape index (κ2) is 3.68. The topological polar surface area (TPSA) is 120 Å². The van der Waals surface area contributed by atoms with Crippen molar-refractivity contribution in [2.75, 3.05) is 0 Å². The lowest BCUT2D eigenvalue weighted by atomic mass is 10.3. The van der Waals surface area contributed by atoms with E-state index < -0.39 is 10.0 Å². The summed E-state index contributed by atoms with van der Waals surface area (Å²) in [6, 6.07) is 0. The lowest BCUT2D eigenvalue weighted by molar-refractivity contribution is 0.571. The summed E-state index contributed by atoms with van der Waals surface area (Å²) in [5.74, 6) is 0.417. The summed E-state index contributed by atoms with van der Waals surface area (Å²) in [6.45, 7) is 2.18. The molecule has 0 fully saturated rings. The highest BCUT2D eigenvalue weighted by molar-refractivity contribution is 7.89. The number of hydrogen-bond donors (Lipinski definition) is 2. The van der Waals surface area contributed by atoms with Gasteiger partial charge in [-0.2, -0.15) is 5.10 Å². The lowest BCUT2D eigenvalue weighted by Gasteiger charge is -2.03. The third kappa shape index (κ3) is 1.70.